The molecule has 0 spiro atoms. The van der Waals surface area contributed by atoms with Crippen molar-refractivity contribution in [1.29, 1.82) is 0 Å². The molecule has 0 aliphatic heterocycles. The molecule has 0 atom stereocenters. The molecule has 0 amide bonds. The fourth-order valence-electron chi connectivity index (χ4n) is 1.68. The van der Waals surface area contributed by atoms with Crippen LogP contribution in [-0.2, 0) is 19.1 Å². The highest BCUT2D eigenvalue weighted by atomic mass is 16.6. The number of rotatable bonds is 11. The van der Waals surface area contributed by atoms with Crippen LogP contribution in [-0.4, -0.2) is 31.8 Å². The van der Waals surface area contributed by atoms with Gasteiger partial charge in [0.1, 0.15) is 19.0 Å². The Morgan fingerprint density at radius 2 is 1.50 bits per heavy atom. The number of hydrogen-bond acceptors (Lipinski definition) is 5. The summed E-state index contributed by atoms with van der Waals surface area (Å²) in [7, 11) is 0. The number of unbranched alkanes of at least 4 members (excludes halogenated alkanes) is 1. The van der Waals surface area contributed by atoms with Crippen LogP contribution in [0, 0.1) is 0 Å². The summed E-state index contributed by atoms with van der Waals surface area (Å²) in [6.45, 7) is 3.01. The molecule has 0 aliphatic rings. The summed E-state index contributed by atoms with van der Waals surface area (Å²) in [5.74, 6) is 0.167. The number of carbonyl (C=O) groups is 2. The Hall–Kier alpha value is -2.04. The molecule has 0 N–H and O–H groups in total. The minimum absolute atomic E-state index is 0.203. The van der Waals surface area contributed by atoms with Gasteiger partial charge in [-0.3, -0.25) is 9.59 Å². The van der Waals surface area contributed by atoms with Gasteiger partial charge in [-0.2, -0.15) is 0 Å². The zero-order valence-electron chi connectivity index (χ0n) is 13.1. The highest BCUT2D eigenvalue weighted by Gasteiger charge is 2.07. The van der Waals surface area contributed by atoms with E-state index < -0.39 is 0 Å². The number of para-hydroxylation sites is 1. The van der Waals surface area contributed by atoms with E-state index in [0.29, 0.717) is 19.6 Å². The van der Waals surface area contributed by atoms with Gasteiger partial charge in [0, 0.05) is 12.8 Å². The normalized spacial score (nSPS) is 10.0. The second kappa shape index (κ2) is 11.6. The highest BCUT2D eigenvalue weighted by Crippen LogP contribution is 2.07. The van der Waals surface area contributed by atoms with Crippen LogP contribution in [0.2, 0.25) is 0 Å². The Bertz CT molecular complexity index is 430. The predicted octanol–water partition coefficient (Wildman–Crippen LogP) is 3.12. The molecule has 1 rings (SSSR count). The Labute approximate surface area is 131 Å². The molecule has 0 fully saturated rings. The third-order valence-corrected chi connectivity index (χ3v) is 2.88. The van der Waals surface area contributed by atoms with E-state index in [0.717, 1.165) is 18.6 Å². The van der Waals surface area contributed by atoms with Gasteiger partial charge in [-0.1, -0.05) is 31.5 Å². The molecule has 0 aromatic heterocycles. The van der Waals surface area contributed by atoms with Gasteiger partial charge in [0.2, 0.25) is 0 Å². The minimum atomic E-state index is -0.321. The van der Waals surface area contributed by atoms with Gasteiger partial charge >= 0.3 is 11.9 Å². The molecule has 0 radical (unpaired) electrons. The van der Waals surface area contributed by atoms with Crippen molar-refractivity contribution in [3.63, 3.8) is 0 Å². The molecule has 122 valence electrons. The molecule has 0 unspecified atom stereocenters. The Morgan fingerprint density at radius 1 is 0.864 bits per heavy atom. The van der Waals surface area contributed by atoms with Gasteiger partial charge in [-0.25, -0.2) is 0 Å². The number of esters is 2. The monoisotopic (exact) mass is 308 g/mol. The average Bonchev–Trinajstić information content (AvgIpc) is 2.53. The maximum Gasteiger partial charge on any atom is 0.305 e. The predicted molar refractivity (Wildman–Crippen MR) is 82.6 cm³/mol. The third kappa shape index (κ3) is 9.00. The summed E-state index contributed by atoms with van der Waals surface area (Å²) in [5, 5.41) is 0. The largest absolute Gasteiger partial charge is 0.490 e. The standard InChI is InChI=1S/C17H24O5/c1-2-3-12-21-16(18)10-7-11-17(19)22-14-13-20-15-8-5-4-6-9-15/h4-6,8-9H,2-3,7,10-14H2,1H3. The summed E-state index contributed by atoms with van der Waals surface area (Å²) < 4.78 is 15.4. The van der Waals surface area contributed by atoms with Crippen molar-refractivity contribution in [3.8, 4) is 5.75 Å². The molecule has 22 heavy (non-hydrogen) atoms. The SMILES string of the molecule is CCCCOC(=O)CCCC(=O)OCCOc1ccccc1. The van der Waals surface area contributed by atoms with Gasteiger partial charge in [-0.05, 0) is 25.0 Å². The van der Waals surface area contributed by atoms with E-state index in [-0.39, 0.29) is 31.4 Å². The lowest BCUT2D eigenvalue weighted by Gasteiger charge is -2.07. The van der Waals surface area contributed by atoms with E-state index >= 15 is 0 Å². The zero-order chi connectivity index (χ0) is 16.0. The summed E-state index contributed by atoms with van der Waals surface area (Å²) >= 11 is 0. The first-order chi connectivity index (χ1) is 10.7. The first-order valence-electron chi connectivity index (χ1n) is 7.71. The fraction of sp³-hybridized carbons (Fsp3) is 0.529. The van der Waals surface area contributed by atoms with Crippen molar-refractivity contribution in [2.75, 3.05) is 19.8 Å². The van der Waals surface area contributed by atoms with Crippen molar-refractivity contribution in [2.24, 2.45) is 0 Å². The van der Waals surface area contributed by atoms with Gasteiger partial charge in [-0.15, -0.1) is 0 Å². The van der Waals surface area contributed by atoms with E-state index in [4.69, 9.17) is 14.2 Å². The number of carbonyl (C=O) groups excluding carboxylic acids is 2. The molecular formula is C17H24O5. The molecular weight excluding hydrogens is 284 g/mol. The van der Waals surface area contributed by atoms with Crippen molar-refractivity contribution in [1.82, 2.24) is 0 Å². The summed E-state index contributed by atoms with van der Waals surface area (Å²) in [6, 6.07) is 9.33. The zero-order valence-corrected chi connectivity index (χ0v) is 13.1. The smallest absolute Gasteiger partial charge is 0.305 e. The van der Waals surface area contributed by atoms with Crippen LogP contribution in [0.25, 0.3) is 0 Å². The van der Waals surface area contributed by atoms with Crippen molar-refractivity contribution in [2.45, 2.75) is 39.0 Å². The topological polar surface area (TPSA) is 61.8 Å². The summed E-state index contributed by atoms with van der Waals surface area (Å²) in [6.07, 6.45) is 2.77. The van der Waals surface area contributed by atoms with Crippen molar-refractivity contribution in [3.05, 3.63) is 30.3 Å². The minimum Gasteiger partial charge on any atom is -0.490 e. The second-order valence-corrected chi connectivity index (χ2v) is 4.81. The van der Waals surface area contributed by atoms with Gasteiger partial charge < -0.3 is 14.2 Å². The molecule has 0 saturated carbocycles. The maximum atomic E-state index is 11.5. The van der Waals surface area contributed by atoms with Crippen molar-refractivity contribution < 1.29 is 23.8 Å². The first-order valence-corrected chi connectivity index (χ1v) is 7.71. The van der Waals surface area contributed by atoms with E-state index in [1.54, 1.807) is 0 Å². The fourth-order valence-corrected chi connectivity index (χ4v) is 1.68. The summed E-state index contributed by atoms with van der Waals surface area (Å²) in [5.41, 5.74) is 0. The van der Waals surface area contributed by atoms with E-state index in [9.17, 15) is 9.59 Å². The van der Waals surface area contributed by atoms with Crippen LogP contribution in [0.4, 0.5) is 0 Å². The molecule has 5 heteroatoms. The van der Waals surface area contributed by atoms with E-state index in [1.165, 1.54) is 0 Å². The van der Waals surface area contributed by atoms with Crippen LogP contribution in [0.1, 0.15) is 39.0 Å². The van der Waals surface area contributed by atoms with E-state index in [1.807, 2.05) is 37.3 Å². The number of hydrogen-bond donors (Lipinski definition) is 0. The third-order valence-electron chi connectivity index (χ3n) is 2.88. The quantitative estimate of drug-likeness (QED) is 0.464. The molecule has 5 nitrogen and oxygen atoms in total. The number of ether oxygens (including phenoxy) is 3. The Kier molecular flexibility index (Phi) is 9.50. The first kappa shape index (κ1) is 18.0. The molecule has 1 aromatic rings. The Balaban J connectivity index is 1.98. The molecule has 0 bridgehead atoms. The lowest BCUT2D eigenvalue weighted by atomic mass is 10.2. The van der Waals surface area contributed by atoms with Crippen LogP contribution in [0.5, 0.6) is 5.75 Å². The Morgan fingerprint density at radius 3 is 2.14 bits per heavy atom. The lowest BCUT2D eigenvalue weighted by Crippen LogP contribution is -2.13. The summed E-state index contributed by atoms with van der Waals surface area (Å²) in [4.78, 5) is 22.8. The van der Waals surface area contributed by atoms with Crippen LogP contribution in [0.3, 0.4) is 0 Å². The van der Waals surface area contributed by atoms with Crippen molar-refractivity contribution >= 4 is 11.9 Å². The second-order valence-electron chi connectivity index (χ2n) is 4.81. The lowest BCUT2D eigenvalue weighted by molar-refractivity contribution is -0.145. The van der Waals surface area contributed by atoms with E-state index in [2.05, 4.69) is 0 Å². The molecule has 1 aromatic carbocycles. The van der Waals surface area contributed by atoms with Crippen LogP contribution < -0.4 is 4.74 Å². The number of benzene rings is 1. The maximum absolute atomic E-state index is 11.5. The van der Waals surface area contributed by atoms with Gasteiger partial charge in [0.05, 0.1) is 6.61 Å². The van der Waals surface area contributed by atoms with Crippen LogP contribution in [0.15, 0.2) is 30.3 Å². The van der Waals surface area contributed by atoms with Gasteiger partial charge in [0.15, 0.2) is 0 Å². The molecule has 0 saturated heterocycles. The average molecular weight is 308 g/mol. The van der Waals surface area contributed by atoms with Gasteiger partial charge in [0.25, 0.3) is 0 Å². The molecule has 0 aliphatic carbocycles. The highest BCUT2D eigenvalue weighted by molar-refractivity contribution is 5.72. The molecule has 0 heterocycles. The van der Waals surface area contributed by atoms with Crippen LogP contribution >= 0.6 is 0 Å².